The van der Waals surface area contributed by atoms with Crippen LogP contribution in [0.25, 0.3) is 0 Å². The Morgan fingerprint density at radius 3 is 2.65 bits per heavy atom. The van der Waals surface area contributed by atoms with Gasteiger partial charge in [-0.05, 0) is 39.7 Å². The number of nitrogens with zero attached hydrogens (tertiary/aromatic N) is 2. The van der Waals surface area contributed by atoms with Crippen molar-refractivity contribution in [3.63, 3.8) is 0 Å². The van der Waals surface area contributed by atoms with E-state index in [4.69, 9.17) is 9.72 Å². The van der Waals surface area contributed by atoms with Gasteiger partial charge in [0.2, 0.25) is 5.88 Å². The third-order valence-corrected chi connectivity index (χ3v) is 3.43. The zero-order valence-electron chi connectivity index (χ0n) is 10.9. The molecule has 1 aromatic heterocycles. The maximum atomic E-state index is 5.42. The second-order valence-corrected chi connectivity index (χ2v) is 4.59. The number of fused-ring (bicyclic) bond motifs is 1. The lowest BCUT2D eigenvalue weighted by molar-refractivity contribution is 0.385. The fourth-order valence-corrected chi connectivity index (χ4v) is 2.25. The molecule has 0 aromatic carbocycles. The summed E-state index contributed by atoms with van der Waals surface area (Å²) in [6.07, 6.45) is 5.81. The van der Waals surface area contributed by atoms with Gasteiger partial charge < -0.3 is 10.1 Å². The second kappa shape index (κ2) is 5.45. The van der Waals surface area contributed by atoms with Gasteiger partial charge >= 0.3 is 0 Å². The van der Waals surface area contributed by atoms with Crippen molar-refractivity contribution in [3.05, 3.63) is 17.1 Å². The van der Waals surface area contributed by atoms with Crippen molar-refractivity contribution < 1.29 is 4.74 Å². The molecule has 0 saturated carbocycles. The summed E-state index contributed by atoms with van der Waals surface area (Å²) < 4.78 is 5.42. The number of aromatic nitrogens is 2. The van der Waals surface area contributed by atoms with E-state index in [0.717, 1.165) is 24.5 Å². The highest BCUT2D eigenvalue weighted by Crippen LogP contribution is 2.27. The Morgan fingerprint density at radius 1 is 1.18 bits per heavy atom. The average molecular weight is 235 g/mol. The Balaban J connectivity index is 2.43. The molecule has 17 heavy (non-hydrogen) atoms. The molecule has 1 heterocycles. The number of rotatable bonds is 3. The maximum absolute atomic E-state index is 5.42. The van der Waals surface area contributed by atoms with E-state index in [0.29, 0.717) is 0 Å². The lowest BCUT2D eigenvalue weighted by atomic mass is 10.1. The molecule has 1 unspecified atom stereocenters. The Morgan fingerprint density at radius 2 is 1.94 bits per heavy atom. The molecule has 0 spiro atoms. The van der Waals surface area contributed by atoms with Gasteiger partial charge in [-0.1, -0.05) is 6.42 Å². The molecular weight excluding hydrogens is 214 g/mol. The largest absolute Gasteiger partial charge is 0.481 e. The van der Waals surface area contributed by atoms with Crippen molar-refractivity contribution in [2.45, 2.75) is 45.1 Å². The molecule has 4 heteroatoms. The molecule has 0 amide bonds. The van der Waals surface area contributed by atoms with E-state index in [9.17, 15) is 0 Å². The quantitative estimate of drug-likeness (QED) is 0.814. The van der Waals surface area contributed by atoms with Crippen LogP contribution in [0.3, 0.4) is 0 Å². The third-order valence-electron chi connectivity index (χ3n) is 3.43. The number of nitrogens with one attached hydrogen (secondary N) is 1. The Hall–Kier alpha value is -1.16. The number of hydrogen-bond donors (Lipinski definition) is 1. The molecular formula is C13H21N3O. The monoisotopic (exact) mass is 235 g/mol. The molecule has 1 aromatic rings. The molecule has 2 rings (SSSR count). The highest BCUT2D eigenvalue weighted by Gasteiger charge is 2.19. The van der Waals surface area contributed by atoms with Crippen LogP contribution in [0.1, 0.15) is 49.3 Å². The summed E-state index contributed by atoms with van der Waals surface area (Å²) in [4.78, 5) is 9.22. The van der Waals surface area contributed by atoms with Gasteiger partial charge in [0, 0.05) is 5.56 Å². The van der Waals surface area contributed by atoms with Gasteiger partial charge in [-0.15, -0.1) is 0 Å². The van der Waals surface area contributed by atoms with Crippen LogP contribution in [0.2, 0.25) is 0 Å². The van der Waals surface area contributed by atoms with Crippen molar-refractivity contribution in [3.8, 4) is 5.88 Å². The number of hydrogen-bond acceptors (Lipinski definition) is 4. The van der Waals surface area contributed by atoms with Gasteiger partial charge in [0.25, 0.3) is 0 Å². The molecule has 1 atom stereocenters. The average Bonchev–Trinajstić information content (AvgIpc) is 2.61. The van der Waals surface area contributed by atoms with Crippen LogP contribution in [-0.2, 0) is 12.8 Å². The fourth-order valence-electron chi connectivity index (χ4n) is 2.25. The lowest BCUT2D eigenvalue weighted by Crippen LogP contribution is -2.18. The van der Waals surface area contributed by atoms with Crippen LogP contribution in [-0.4, -0.2) is 24.1 Å². The van der Waals surface area contributed by atoms with Crippen molar-refractivity contribution >= 4 is 0 Å². The van der Waals surface area contributed by atoms with Crippen LogP contribution in [0, 0.1) is 0 Å². The number of ether oxygens (including phenoxy) is 1. The van der Waals surface area contributed by atoms with E-state index < -0.39 is 0 Å². The number of aryl methyl sites for hydroxylation is 1. The van der Waals surface area contributed by atoms with Crippen LogP contribution in [0.15, 0.2) is 0 Å². The van der Waals surface area contributed by atoms with E-state index in [1.807, 2.05) is 7.05 Å². The minimum absolute atomic E-state index is 0.164. The van der Waals surface area contributed by atoms with Crippen molar-refractivity contribution in [1.82, 2.24) is 15.3 Å². The predicted octanol–water partition coefficient (Wildman–Crippen LogP) is 2.03. The first-order valence-corrected chi connectivity index (χ1v) is 6.37. The summed E-state index contributed by atoms with van der Waals surface area (Å²) in [6.45, 7) is 2.07. The highest BCUT2D eigenvalue weighted by molar-refractivity contribution is 5.32. The van der Waals surface area contributed by atoms with Gasteiger partial charge in [-0.25, -0.2) is 4.98 Å². The van der Waals surface area contributed by atoms with Gasteiger partial charge in [0.1, 0.15) is 5.82 Å². The van der Waals surface area contributed by atoms with E-state index in [2.05, 4.69) is 17.2 Å². The summed E-state index contributed by atoms with van der Waals surface area (Å²) in [5, 5.41) is 3.17. The molecule has 1 N–H and O–H groups in total. The third kappa shape index (κ3) is 2.57. The Labute approximate surface area is 103 Å². The molecule has 0 aliphatic heterocycles. The van der Waals surface area contributed by atoms with Gasteiger partial charge in [-0.2, -0.15) is 4.98 Å². The summed E-state index contributed by atoms with van der Waals surface area (Å²) >= 11 is 0. The predicted molar refractivity (Wildman–Crippen MR) is 67.3 cm³/mol. The highest BCUT2D eigenvalue weighted by atomic mass is 16.5. The fraction of sp³-hybridized carbons (Fsp3) is 0.692. The SMILES string of the molecule is CNC(C)c1nc2c(c(OC)n1)CCCCC2. The minimum atomic E-state index is 0.164. The first-order valence-electron chi connectivity index (χ1n) is 6.37. The van der Waals surface area contributed by atoms with E-state index in [1.54, 1.807) is 7.11 Å². The second-order valence-electron chi connectivity index (χ2n) is 4.59. The van der Waals surface area contributed by atoms with Gasteiger partial charge in [0.15, 0.2) is 0 Å². The zero-order valence-corrected chi connectivity index (χ0v) is 10.9. The van der Waals surface area contributed by atoms with Gasteiger partial charge in [-0.3, -0.25) is 0 Å². The standard InChI is InChI=1S/C13H21N3O/c1-9(14-2)12-15-11-8-6-4-5-7-10(11)13(16-12)17-3/h9,14H,4-8H2,1-3H3. The van der Waals surface area contributed by atoms with Crippen LogP contribution in [0.4, 0.5) is 0 Å². The first kappa shape index (κ1) is 12.3. The first-order chi connectivity index (χ1) is 8.26. The van der Waals surface area contributed by atoms with Crippen LogP contribution in [0.5, 0.6) is 5.88 Å². The van der Waals surface area contributed by atoms with Crippen LogP contribution >= 0.6 is 0 Å². The summed E-state index contributed by atoms with van der Waals surface area (Å²) in [6, 6.07) is 0.164. The lowest BCUT2D eigenvalue weighted by Gasteiger charge is -2.15. The number of methoxy groups -OCH3 is 1. The normalized spacial score (nSPS) is 17.1. The zero-order chi connectivity index (χ0) is 12.3. The molecule has 1 aliphatic carbocycles. The topological polar surface area (TPSA) is 47.0 Å². The van der Waals surface area contributed by atoms with Gasteiger partial charge in [0.05, 0.1) is 18.8 Å². The minimum Gasteiger partial charge on any atom is -0.481 e. The molecule has 1 aliphatic rings. The molecule has 0 fully saturated rings. The Kier molecular flexibility index (Phi) is 3.94. The smallest absolute Gasteiger partial charge is 0.219 e. The van der Waals surface area contributed by atoms with E-state index in [-0.39, 0.29) is 6.04 Å². The molecule has 94 valence electrons. The Bertz CT molecular complexity index is 392. The molecule has 0 radical (unpaired) electrons. The molecule has 0 bridgehead atoms. The maximum Gasteiger partial charge on any atom is 0.219 e. The summed E-state index contributed by atoms with van der Waals surface area (Å²) in [5.74, 6) is 1.61. The summed E-state index contributed by atoms with van der Waals surface area (Å²) in [7, 11) is 3.62. The van der Waals surface area contributed by atoms with Crippen molar-refractivity contribution in [2.24, 2.45) is 0 Å². The molecule has 0 saturated heterocycles. The van der Waals surface area contributed by atoms with Crippen LogP contribution < -0.4 is 10.1 Å². The summed E-state index contributed by atoms with van der Waals surface area (Å²) in [5.41, 5.74) is 2.41. The van der Waals surface area contributed by atoms with Crippen molar-refractivity contribution in [2.75, 3.05) is 14.2 Å². The van der Waals surface area contributed by atoms with E-state index in [1.165, 1.54) is 30.5 Å². The van der Waals surface area contributed by atoms with Crippen molar-refractivity contribution in [1.29, 1.82) is 0 Å². The van der Waals surface area contributed by atoms with E-state index >= 15 is 0 Å². The molecule has 4 nitrogen and oxygen atoms in total.